The van der Waals surface area contributed by atoms with Crippen molar-refractivity contribution in [2.24, 2.45) is 0 Å². The number of hydrogen-bond acceptors (Lipinski definition) is 1. The Balaban J connectivity index is 2.06. The number of aromatic amines is 1. The van der Waals surface area contributed by atoms with Gasteiger partial charge in [-0.05, 0) is 36.9 Å². The molecule has 16 heavy (non-hydrogen) atoms. The third kappa shape index (κ3) is 1.52. The minimum atomic E-state index is -0.160. The van der Waals surface area contributed by atoms with Crippen LogP contribution in [-0.4, -0.2) is 18.1 Å². The predicted octanol–water partition coefficient (Wildman–Crippen LogP) is 2.77. The molecule has 0 saturated carbocycles. The first-order chi connectivity index (χ1) is 7.86. The van der Waals surface area contributed by atoms with Crippen molar-refractivity contribution in [3.05, 3.63) is 35.8 Å². The molecule has 84 valence electrons. The maximum Gasteiger partial charge on any atom is 0.147 e. The van der Waals surface area contributed by atoms with Gasteiger partial charge in [0.2, 0.25) is 0 Å². The van der Waals surface area contributed by atoms with Gasteiger partial charge in [0.15, 0.2) is 0 Å². The highest BCUT2D eigenvalue weighted by Crippen LogP contribution is 2.30. The number of hydrogen-bond donors (Lipinski definition) is 2. The van der Waals surface area contributed by atoms with Gasteiger partial charge >= 0.3 is 0 Å². The molecule has 0 radical (unpaired) electrons. The number of benzene rings is 1. The Morgan fingerprint density at radius 3 is 3.06 bits per heavy atom. The second-order valence-corrected chi connectivity index (χ2v) is 4.45. The van der Waals surface area contributed by atoms with Crippen molar-refractivity contribution in [2.45, 2.75) is 18.8 Å². The molecule has 2 N–H and O–H groups in total. The van der Waals surface area contributed by atoms with Crippen molar-refractivity contribution in [1.29, 1.82) is 0 Å². The standard InChI is InChI=1S/C13H15FN2/c14-12-5-1-4-10-11(8-16-13(10)12)9-3-2-6-15-7-9/h1,4-5,8-9,15-16H,2-3,6-7H2/t9-/m1/s1. The summed E-state index contributed by atoms with van der Waals surface area (Å²) in [6.07, 6.45) is 4.36. The molecule has 1 fully saturated rings. The summed E-state index contributed by atoms with van der Waals surface area (Å²) in [4.78, 5) is 3.05. The highest BCUT2D eigenvalue weighted by atomic mass is 19.1. The first kappa shape index (κ1) is 9.85. The first-order valence-electron chi connectivity index (χ1n) is 5.82. The highest BCUT2D eigenvalue weighted by Gasteiger charge is 2.19. The zero-order valence-corrected chi connectivity index (χ0v) is 9.09. The van der Waals surface area contributed by atoms with Gasteiger partial charge in [0.1, 0.15) is 5.82 Å². The Kier molecular flexibility index (Phi) is 2.40. The zero-order chi connectivity index (χ0) is 11.0. The second-order valence-electron chi connectivity index (χ2n) is 4.45. The van der Waals surface area contributed by atoms with Gasteiger partial charge in [0, 0.05) is 18.1 Å². The SMILES string of the molecule is Fc1cccc2c([C@@H]3CCCNC3)c[nH]c12. The van der Waals surface area contributed by atoms with Crippen molar-refractivity contribution in [3.63, 3.8) is 0 Å². The second kappa shape index (κ2) is 3.91. The Morgan fingerprint density at radius 2 is 2.25 bits per heavy atom. The fraction of sp³-hybridized carbons (Fsp3) is 0.385. The molecular weight excluding hydrogens is 203 g/mol. The van der Waals surface area contributed by atoms with Crippen molar-refractivity contribution in [1.82, 2.24) is 10.3 Å². The summed E-state index contributed by atoms with van der Waals surface area (Å²) in [5.74, 6) is 0.358. The highest BCUT2D eigenvalue weighted by molar-refractivity contribution is 5.84. The fourth-order valence-corrected chi connectivity index (χ4v) is 2.59. The molecule has 3 rings (SSSR count). The van der Waals surface area contributed by atoms with Crippen LogP contribution >= 0.6 is 0 Å². The van der Waals surface area contributed by atoms with Gasteiger partial charge in [-0.2, -0.15) is 0 Å². The third-order valence-electron chi connectivity index (χ3n) is 3.43. The van der Waals surface area contributed by atoms with Crippen LogP contribution in [0.15, 0.2) is 24.4 Å². The van der Waals surface area contributed by atoms with Gasteiger partial charge in [-0.15, -0.1) is 0 Å². The Morgan fingerprint density at radius 1 is 1.31 bits per heavy atom. The molecular formula is C13H15FN2. The van der Waals surface area contributed by atoms with E-state index in [0.29, 0.717) is 11.4 Å². The van der Waals surface area contributed by atoms with Crippen LogP contribution in [0.4, 0.5) is 4.39 Å². The van der Waals surface area contributed by atoms with E-state index < -0.39 is 0 Å². The number of halogens is 1. The van der Waals surface area contributed by atoms with E-state index >= 15 is 0 Å². The molecule has 3 heteroatoms. The quantitative estimate of drug-likeness (QED) is 0.756. The number of H-pyrrole nitrogens is 1. The van der Waals surface area contributed by atoms with Gasteiger partial charge < -0.3 is 10.3 Å². The maximum atomic E-state index is 13.5. The lowest BCUT2D eigenvalue weighted by atomic mass is 9.91. The monoisotopic (exact) mass is 218 g/mol. The van der Waals surface area contributed by atoms with Crippen LogP contribution in [0.2, 0.25) is 0 Å². The summed E-state index contributed by atoms with van der Waals surface area (Å²) in [7, 11) is 0. The van der Waals surface area contributed by atoms with Crippen molar-refractivity contribution in [2.75, 3.05) is 13.1 Å². The topological polar surface area (TPSA) is 27.8 Å². The largest absolute Gasteiger partial charge is 0.359 e. The van der Waals surface area contributed by atoms with Crippen LogP contribution < -0.4 is 5.32 Å². The molecule has 2 heterocycles. The van der Waals surface area contributed by atoms with Crippen molar-refractivity contribution >= 4 is 10.9 Å². The Labute approximate surface area is 93.9 Å². The van der Waals surface area contributed by atoms with E-state index in [-0.39, 0.29) is 5.82 Å². The zero-order valence-electron chi connectivity index (χ0n) is 9.09. The van der Waals surface area contributed by atoms with Crippen LogP contribution in [0.25, 0.3) is 10.9 Å². The molecule has 0 spiro atoms. The van der Waals surface area contributed by atoms with E-state index in [1.54, 1.807) is 6.07 Å². The lowest BCUT2D eigenvalue weighted by Gasteiger charge is -2.22. The number of rotatable bonds is 1. The minimum Gasteiger partial charge on any atom is -0.359 e. The predicted molar refractivity (Wildman–Crippen MR) is 63.1 cm³/mol. The summed E-state index contributed by atoms with van der Waals surface area (Å²) in [6.45, 7) is 2.11. The molecule has 1 aliphatic rings. The molecule has 1 aromatic carbocycles. The molecule has 1 atom stereocenters. The van der Waals surface area contributed by atoms with Gasteiger partial charge in [-0.3, -0.25) is 0 Å². The van der Waals surface area contributed by atoms with Crippen LogP contribution in [0.3, 0.4) is 0 Å². The summed E-state index contributed by atoms with van der Waals surface area (Å²) in [6, 6.07) is 5.28. The number of aromatic nitrogens is 1. The first-order valence-corrected chi connectivity index (χ1v) is 5.82. The smallest absolute Gasteiger partial charge is 0.147 e. The molecule has 0 amide bonds. The summed E-state index contributed by atoms with van der Waals surface area (Å²) in [5, 5.41) is 4.43. The summed E-state index contributed by atoms with van der Waals surface area (Å²) in [5.41, 5.74) is 1.89. The van der Waals surface area contributed by atoms with Crippen LogP contribution in [0, 0.1) is 5.82 Å². The van der Waals surface area contributed by atoms with Gasteiger partial charge in [-0.1, -0.05) is 12.1 Å². The van der Waals surface area contributed by atoms with E-state index in [1.807, 2.05) is 12.3 Å². The maximum absolute atomic E-state index is 13.5. The Bertz CT molecular complexity index is 498. The minimum absolute atomic E-state index is 0.160. The summed E-state index contributed by atoms with van der Waals surface area (Å²) >= 11 is 0. The Hall–Kier alpha value is -1.35. The average molecular weight is 218 g/mol. The lowest BCUT2D eigenvalue weighted by Crippen LogP contribution is -2.28. The number of nitrogens with one attached hydrogen (secondary N) is 2. The van der Waals surface area contributed by atoms with Crippen LogP contribution in [0.5, 0.6) is 0 Å². The molecule has 0 bridgehead atoms. The summed E-state index contributed by atoms with van der Waals surface area (Å²) < 4.78 is 13.5. The van der Waals surface area contributed by atoms with Gasteiger partial charge in [0.05, 0.1) is 5.52 Å². The molecule has 1 aliphatic heterocycles. The molecule has 2 aromatic rings. The van der Waals surface area contributed by atoms with E-state index in [0.717, 1.165) is 18.5 Å². The number of piperidine rings is 1. The van der Waals surface area contributed by atoms with E-state index in [1.165, 1.54) is 24.5 Å². The fourth-order valence-electron chi connectivity index (χ4n) is 2.59. The van der Waals surface area contributed by atoms with E-state index in [4.69, 9.17) is 0 Å². The van der Waals surface area contributed by atoms with Crippen molar-refractivity contribution < 1.29 is 4.39 Å². The molecule has 0 aliphatic carbocycles. The van der Waals surface area contributed by atoms with Gasteiger partial charge in [0.25, 0.3) is 0 Å². The third-order valence-corrected chi connectivity index (χ3v) is 3.43. The van der Waals surface area contributed by atoms with Crippen LogP contribution in [0.1, 0.15) is 24.3 Å². The van der Waals surface area contributed by atoms with Crippen LogP contribution in [-0.2, 0) is 0 Å². The number of para-hydroxylation sites is 1. The molecule has 1 aromatic heterocycles. The molecule has 2 nitrogen and oxygen atoms in total. The lowest BCUT2D eigenvalue weighted by molar-refractivity contribution is 0.463. The van der Waals surface area contributed by atoms with Gasteiger partial charge in [-0.25, -0.2) is 4.39 Å². The normalized spacial score (nSPS) is 21.4. The molecule has 0 unspecified atom stereocenters. The van der Waals surface area contributed by atoms with E-state index in [2.05, 4.69) is 10.3 Å². The van der Waals surface area contributed by atoms with E-state index in [9.17, 15) is 4.39 Å². The average Bonchev–Trinajstić information content (AvgIpc) is 2.75. The van der Waals surface area contributed by atoms with Crippen molar-refractivity contribution in [3.8, 4) is 0 Å². The molecule has 1 saturated heterocycles. The number of fused-ring (bicyclic) bond motifs is 1.